The molecule has 0 spiro atoms. The quantitative estimate of drug-likeness (QED) is 0.525. The Morgan fingerprint density at radius 2 is 1.95 bits per heavy atom. The van der Waals surface area contributed by atoms with Crippen molar-refractivity contribution < 1.29 is 27.8 Å². The van der Waals surface area contributed by atoms with E-state index in [1.54, 1.807) is 24.3 Å². The first-order valence-corrected chi connectivity index (χ1v) is 11.4. The standard InChI is InChI=1S/C27H24F2N4O4/c1-27(2,26(28)29)13-11-17-9-10-22-23(31-17)33(3)25(35)21(16-36-22)32-24(34)20-15-19(12-14-30-20)37-18-7-5-4-6-8-18/h4-10,12,14-15,21,26H,16H2,1-3H3,(H,32,34). The summed E-state index contributed by atoms with van der Waals surface area (Å²) in [5, 5.41) is 2.64. The Bertz CT molecular complexity index is 1370. The Labute approximate surface area is 212 Å². The molecule has 3 aromatic rings. The molecule has 1 N–H and O–H groups in total. The first-order valence-electron chi connectivity index (χ1n) is 11.4. The number of benzene rings is 1. The van der Waals surface area contributed by atoms with Gasteiger partial charge in [-0.15, -0.1) is 0 Å². The van der Waals surface area contributed by atoms with Crippen LogP contribution in [0.4, 0.5) is 14.6 Å². The molecule has 0 radical (unpaired) electrons. The number of nitrogens with one attached hydrogen (secondary N) is 1. The SMILES string of the molecule is CN1C(=O)C(NC(=O)c2cc(Oc3ccccc3)ccn2)COc2ccc(C#CC(C)(C)C(F)F)nc21. The Balaban J connectivity index is 1.48. The van der Waals surface area contributed by atoms with Gasteiger partial charge in [-0.1, -0.05) is 24.1 Å². The van der Waals surface area contributed by atoms with E-state index in [0.29, 0.717) is 17.2 Å². The summed E-state index contributed by atoms with van der Waals surface area (Å²) in [6, 6.07) is 14.2. The number of para-hydroxylation sites is 1. The van der Waals surface area contributed by atoms with Crippen molar-refractivity contribution in [3.8, 4) is 29.1 Å². The predicted octanol–water partition coefficient (Wildman–Crippen LogP) is 4.07. The maximum atomic E-state index is 13.1. The minimum atomic E-state index is -2.63. The third-order valence-corrected chi connectivity index (χ3v) is 5.50. The normalized spacial score (nSPS) is 15.1. The van der Waals surface area contributed by atoms with Crippen molar-refractivity contribution in [2.45, 2.75) is 26.3 Å². The van der Waals surface area contributed by atoms with E-state index in [2.05, 4.69) is 27.1 Å². The summed E-state index contributed by atoms with van der Waals surface area (Å²) < 4.78 is 37.7. The molecule has 0 fully saturated rings. The Morgan fingerprint density at radius 1 is 1.19 bits per heavy atom. The van der Waals surface area contributed by atoms with E-state index < -0.39 is 29.7 Å². The lowest BCUT2D eigenvalue weighted by molar-refractivity contribution is -0.120. The summed E-state index contributed by atoms with van der Waals surface area (Å²) in [4.78, 5) is 35.6. The van der Waals surface area contributed by atoms with Crippen molar-refractivity contribution in [2.75, 3.05) is 18.6 Å². The lowest BCUT2D eigenvalue weighted by Crippen LogP contribution is -2.49. The highest BCUT2D eigenvalue weighted by atomic mass is 19.3. The molecule has 0 aliphatic carbocycles. The summed E-state index contributed by atoms with van der Waals surface area (Å²) in [6.45, 7) is 2.52. The van der Waals surface area contributed by atoms with Gasteiger partial charge in [-0.3, -0.25) is 19.5 Å². The van der Waals surface area contributed by atoms with Crippen LogP contribution in [0.3, 0.4) is 0 Å². The second kappa shape index (κ2) is 10.6. The van der Waals surface area contributed by atoms with Crippen molar-refractivity contribution in [3.63, 3.8) is 0 Å². The Morgan fingerprint density at radius 3 is 2.68 bits per heavy atom. The molecule has 0 saturated heterocycles. The van der Waals surface area contributed by atoms with Crippen molar-refractivity contribution in [1.29, 1.82) is 0 Å². The van der Waals surface area contributed by atoms with Gasteiger partial charge in [0, 0.05) is 19.3 Å². The molecule has 0 bridgehead atoms. The first kappa shape index (κ1) is 25.6. The lowest BCUT2D eigenvalue weighted by atomic mass is 9.95. The molecule has 3 heterocycles. The second-order valence-corrected chi connectivity index (χ2v) is 8.82. The van der Waals surface area contributed by atoms with E-state index in [0.717, 1.165) is 0 Å². The molecule has 2 amide bonds. The maximum Gasteiger partial charge on any atom is 0.270 e. The van der Waals surface area contributed by atoms with Crippen LogP contribution in [0.25, 0.3) is 0 Å². The number of rotatable bonds is 5. The van der Waals surface area contributed by atoms with Crippen LogP contribution in [0.1, 0.15) is 30.0 Å². The molecule has 1 atom stereocenters. The summed E-state index contributed by atoms with van der Waals surface area (Å²) >= 11 is 0. The number of fused-ring (bicyclic) bond motifs is 1. The van der Waals surface area contributed by atoms with Gasteiger partial charge >= 0.3 is 0 Å². The number of hydrogen-bond acceptors (Lipinski definition) is 6. The largest absolute Gasteiger partial charge is 0.487 e. The number of likely N-dealkylation sites (N-methyl/N-ethyl adjacent to an activating group) is 1. The molecule has 1 aromatic carbocycles. The molecular weight excluding hydrogens is 482 g/mol. The zero-order valence-electron chi connectivity index (χ0n) is 20.4. The van der Waals surface area contributed by atoms with Crippen molar-refractivity contribution in [3.05, 3.63) is 72.2 Å². The monoisotopic (exact) mass is 506 g/mol. The number of carbonyl (C=O) groups excluding carboxylic acids is 2. The highest BCUT2D eigenvalue weighted by molar-refractivity contribution is 6.02. The van der Waals surface area contributed by atoms with E-state index >= 15 is 0 Å². The van der Waals surface area contributed by atoms with E-state index in [1.165, 1.54) is 44.1 Å². The molecule has 2 aromatic heterocycles. The predicted molar refractivity (Wildman–Crippen MR) is 132 cm³/mol. The third-order valence-electron chi connectivity index (χ3n) is 5.50. The smallest absolute Gasteiger partial charge is 0.270 e. The van der Waals surface area contributed by atoms with Crippen LogP contribution in [-0.4, -0.2) is 47.9 Å². The van der Waals surface area contributed by atoms with Crippen molar-refractivity contribution in [2.24, 2.45) is 5.41 Å². The molecule has 1 aliphatic heterocycles. The van der Waals surface area contributed by atoms with Crippen LogP contribution in [0.15, 0.2) is 60.8 Å². The molecular formula is C27H24F2N4O4. The Hall–Kier alpha value is -4.52. The van der Waals surface area contributed by atoms with Gasteiger partial charge in [0.05, 0.1) is 5.41 Å². The summed E-state index contributed by atoms with van der Waals surface area (Å²) in [5.74, 6) is 5.55. The minimum absolute atomic E-state index is 0.0583. The number of anilines is 1. The fourth-order valence-electron chi connectivity index (χ4n) is 3.28. The number of ether oxygens (including phenoxy) is 2. The average Bonchev–Trinajstić information content (AvgIpc) is 3.00. The molecule has 190 valence electrons. The van der Waals surface area contributed by atoms with E-state index in [-0.39, 0.29) is 23.8 Å². The topological polar surface area (TPSA) is 93.7 Å². The average molecular weight is 507 g/mol. The number of nitrogens with zero attached hydrogens (tertiary/aromatic N) is 3. The zero-order chi connectivity index (χ0) is 26.6. The van der Waals surface area contributed by atoms with Gasteiger partial charge in [-0.2, -0.15) is 0 Å². The van der Waals surface area contributed by atoms with Gasteiger partial charge in [-0.05, 0) is 50.1 Å². The molecule has 37 heavy (non-hydrogen) atoms. The van der Waals surface area contributed by atoms with Crippen LogP contribution in [0, 0.1) is 17.3 Å². The van der Waals surface area contributed by atoms with Gasteiger partial charge in [0.2, 0.25) is 0 Å². The highest BCUT2D eigenvalue weighted by Gasteiger charge is 2.32. The lowest BCUT2D eigenvalue weighted by Gasteiger charge is -2.19. The second-order valence-electron chi connectivity index (χ2n) is 8.82. The van der Waals surface area contributed by atoms with Gasteiger partial charge in [-0.25, -0.2) is 13.8 Å². The molecule has 4 rings (SSSR count). The number of hydrogen-bond donors (Lipinski definition) is 1. The molecule has 0 saturated carbocycles. The van der Waals surface area contributed by atoms with Crippen LogP contribution >= 0.6 is 0 Å². The fourth-order valence-corrected chi connectivity index (χ4v) is 3.28. The number of halogens is 2. The number of alkyl halides is 2. The number of carbonyl (C=O) groups is 2. The highest BCUT2D eigenvalue weighted by Crippen LogP contribution is 2.29. The van der Waals surface area contributed by atoms with E-state index in [4.69, 9.17) is 9.47 Å². The first-order chi connectivity index (χ1) is 17.6. The van der Waals surface area contributed by atoms with Gasteiger partial charge in [0.25, 0.3) is 18.2 Å². The van der Waals surface area contributed by atoms with E-state index in [9.17, 15) is 18.4 Å². The molecule has 1 aliphatic rings. The van der Waals surface area contributed by atoms with Crippen LogP contribution in [0.2, 0.25) is 0 Å². The fraction of sp³-hybridized carbons (Fsp3) is 0.259. The maximum absolute atomic E-state index is 13.1. The summed E-state index contributed by atoms with van der Waals surface area (Å²) in [6.07, 6.45) is -1.19. The van der Waals surface area contributed by atoms with Crippen LogP contribution < -0.4 is 19.7 Å². The van der Waals surface area contributed by atoms with Gasteiger partial charge < -0.3 is 14.8 Å². The molecule has 8 nitrogen and oxygen atoms in total. The van der Waals surface area contributed by atoms with Crippen molar-refractivity contribution >= 4 is 17.6 Å². The summed E-state index contributed by atoms with van der Waals surface area (Å²) in [7, 11) is 1.48. The molecule has 1 unspecified atom stereocenters. The third kappa shape index (κ3) is 6.01. The number of amides is 2. The number of aromatic nitrogens is 2. The number of pyridine rings is 2. The van der Waals surface area contributed by atoms with Gasteiger partial charge in [0.15, 0.2) is 11.6 Å². The van der Waals surface area contributed by atoms with Crippen molar-refractivity contribution in [1.82, 2.24) is 15.3 Å². The summed E-state index contributed by atoms with van der Waals surface area (Å²) in [5.41, 5.74) is -1.25. The van der Waals surface area contributed by atoms with E-state index in [1.807, 2.05) is 18.2 Å². The van der Waals surface area contributed by atoms with Crippen LogP contribution in [-0.2, 0) is 4.79 Å². The molecule has 10 heteroatoms. The Kier molecular flexibility index (Phi) is 7.34. The van der Waals surface area contributed by atoms with Gasteiger partial charge in [0.1, 0.15) is 35.5 Å². The minimum Gasteiger partial charge on any atom is -0.487 e. The van der Waals surface area contributed by atoms with Crippen LogP contribution in [0.5, 0.6) is 17.2 Å². The zero-order valence-corrected chi connectivity index (χ0v) is 20.4.